The molecule has 4 nitrogen and oxygen atoms in total. The number of aromatic amines is 2. The molecule has 0 spiro atoms. The molecule has 257 valence electrons. The Morgan fingerprint density at radius 3 is 0.774 bits per heavy atom. The van der Waals surface area contributed by atoms with Gasteiger partial charge in [-0.2, -0.15) is 0 Å². The normalized spacial score (nSPS) is 11.8. The van der Waals surface area contributed by atoms with Crippen molar-refractivity contribution in [2.24, 2.45) is 0 Å². The van der Waals surface area contributed by atoms with Gasteiger partial charge in [-0.15, -0.1) is 0 Å². The minimum absolute atomic E-state index is 0. The van der Waals surface area contributed by atoms with Crippen molar-refractivity contribution >= 4 is 92.8 Å². The van der Waals surface area contributed by atoms with Crippen molar-refractivity contribution in [3.63, 3.8) is 0 Å². The minimum Gasteiger partial charge on any atom is -0.354 e. The van der Waals surface area contributed by atoms with Crippen LogP contribution in [0.25, 0.3) is 90.9 Å². The molecule has 0 unspecified atom stereocenters. The van der Waals surface area contributed by atoms with Crippen molar-refractivity contribution in [2.45, 2.75) is 0 Å². The summed E-state index contributed by atoms with van der Waals surface area (Å²) in [6, 6.07) is 39.4. The SMILES string of the molecule is Clc1ccccc1-c1c2nc(c(-c3ccccc3Cl)c3ccc([nH]3)c(-c3ccccc3Cl)c3nc(c(-c4ccccc4Cl)c4ccc1[nH]4)C=C3)C=C2.[Mn]. The summed E-state index contributed by atoms with van der Waals surface area (Å²) in [5.74, 6) is 0. The maximum absolute atomic E-state index is 6.92. The largest absolute Gasteiger partial charge is 0.354 e. The third-order valence-electron chi connectivity index (χ3n) is 9.33. The summed E-state index contributed by atoms with van der Waals surface area (Å²) >= 11 is 27.7. The van der Waals surface area contributed by atoms with Crippen LogP contribution in [0.3, 0.4) is 0 Å². The van der Waals surface area contributed by atoms with Crippen LogP contribution in [0.5, 0.6) is 0 Å². The maximum atomic E-state index is 6.92. The molecular weight excluding hydrogens is 781 g/mol. The van der Waals surface area contributed by atoms with E-state index in [1.165, 1.54) is 0 Å². The number of rotatable bonds is 4. The maximum Gasteiger partial charge on any atom is 0.0737 e. The molecule has 4 aromatic carbocycles. The van der Waals surface area contributed by atoms with E-state index in [1.807, 2.05) is 121 Å². The summed E-state index contributed by atoms with van der Waals surface area (Å²) in [7, 11) is 0. The van der Waals surface area contributed by atoms with Crippen LogP contribution in [0, 0.1) is 0 Å². The van der Waals surface area contributed by atoms with E-state index in [9.17, 15) is 0 Å². The first-order valence-corrected chi connectivity index (χ1v) is 18.1. The van der Waals surface area contributed by atoms with E-state index in [1.54, 1.807) is 0 Å². The van der Waals surface area contributed by atoms with Crippen molar-refractivity contribution in [3.05, 3.63) is 164 Å². The molecule has 0 amide bonds. The fourth-order valence-corrected chi connectivity index (χ4v) is 7.92. The molecule has 2 aliphatic rings. The zero-order chi connectivity index (χ0) is 35.3. The van der Waals surface area contributed by atoms with E-state index in [4.69, 9.17) is 56.4 Å². The Bertz CT molecular complexity index is 2440. The number of hydrogen-bond acceptors (Lipinski definition) is 2. The van der Waals surface area contributed by atoms with E-state index >= 15 is 0 Å². The first-order chi connectivity index (χ1) is 25.4. The van der Waals surface area contributed by atoms with Gasteiger partial charge >= 0.3 is 0 Å². The van der Waals surface area contributed by atoms with Gasteiger partial charge in [-0.05, 0) is 72.8 Å². The minimum atomic E-state index is 0. The van der Waals surface area contributed by atoms with Crippen molar-refractivity contribution in [1.82, 2.24) is 19.9 Å². The quantitative estimate of drug-likeness (QED) is 0.174. The predicted octanol–water partition coefficient (Wildman–Crippen LogP) is 13.9. The molecule has 53 heavy (non-hydrogen) atoms. The molecule has 0 atom stereocenters. The van der Waals surface area contributed by atoms with E-state index < -0.39 is 0 Å². The van der Waals surface area contributed by atoms with Crippen LogP contribution in [-0.4, -0.2) is 19.9 Å². The fraction of sp³-hybridized carbons (Fsp3) is 0. The van der Waals surface area contributed by atoms with Crippen LogP contribution in [0.4, 0.5) is 0 Å². The van der Waals surface area contributed by atoms with Gasteiger partial charge in [0.2, 0.25) is 0 Å². The molecule has 2 N–H and O–H groups in total. The van der Waals surface area contributed by atoms with Gasteiger partial charge in [0, 0.05) is 104 Å². The number of halogens is 4. The Hall–Kier alpha value is -4.84. The molecule has 3 aromatic heterocycles. The molecule has 8 bridgehead atoms. The van der Waals surface area contributed by atoms with Gasteiger partial charge in [0.1, 0.15) is 0 Å². The van der Waals surface area contributed by atoms with E-state index in [0.717, 1.165) is 89.4 Å². The molecular formula is C44H26Cl4MnN4. The molecule has 9 heteroatoms. The summed E-state index contributed by atoms with van der Waals surface area (Å²) in [5, 5.41) is 2.43. The van der Waals surface area contributed by atoms with Crippen molar-refractivity contribution in [2.75, 3.05) is 0 Å². The molecule has 0 aliphatic carbocycles. The Morgan fingerprint density at radius 2 is 0.547 bits per heavy atom. The zero-order valence-electron chi connectivity index (χ0n) is 27.6. The molecule has 7 aromatic rings. The average molecular weight is 807 g/mol. The van der Waals surface area contributed by atoms with Gasteiger partial charge in [0.15, 0.2) is 0 Å². The molecule has 1 radical (unpaired) electrons. The Morgan fingerprint density at radius 1 is 0.321 bits per heavy atom. The van der Waals surface area contributed by atoms with Crippen LogP contribution < -0.4 is 0 Å². The Labute approximate surface area is 336 Å². The molecule has 2 aliphatic heterocycles. The second-order valence-corrected chi connectivity index (χ2v) is 14.1. The third kappa shape index (κ3) is 6.34. The second kappa shape index (κ2) is 14.5. The van der Waals surface area contributed by atoms with Gasteiger partial charge in [0.05, 0.1) is 22.8 Å². The van der Waals surface area contributed by atoms with Crippen molar-refractivity contribution < 1.29 is 17.1 Å². The third-order valence-corrected chi connectivity index (χ3v) is 10.6. The number of benzene rings is 4. The zero-order valence-corrected chi connectivity index (χ0v) is 31.8. The van der Waals surface area contributed by atoms with Gasteiger partial charge in [0.25, 0.3) is 0 Å². The second-order valence-electron chi connectivity index (χ2n) is 12.4. The first kappa shape index (κ1) is 35.2. The first-order valence-electron chi connectivity index (χ1n) is 16.6. The van der Waals surface area contributed by atoms with Crippen LogP contribution in [0.15, 0.2) is 121 Å². The van der Waals surface area contributed by atoms with E-state index in [-0.39, 0.29) is 17.1 Å². The Balaban J connectivity index is 0.00000400. The average Bonchev–Trinajstić information content (AvgIpc) is 3.99. The number of aromatic nitrogens is 4. The van der Waals surface area contributed by atoms with Gasteiger partial charge in [-0.3, -0.25) is 0 Å². The Kier molecular flexibility index (Phi) is 9.65. The van der Waals surface area contributed by atoms with Gasteiger partial charge in [-0.25, -0.2) is 9.97 Å². The molecule has 5 heterocycles. The number of nitrogens with one attached hydrogen (secondary N) is 2. The number of hydrogen-bond donors (Lipinski definition) is 2. The number of nitrogens with zero attached hydrogens (tertiary/aromatic N) is 2. The van der Waals surface area contributed by atoms with E-state index in [2.05, 4.69) is 34.2 Å². The molecule has 0 saturated carbocycles. The van der Waals surface area contributed by atoms with Crippen LogP contribution in [-0.2, 0) is 17.1 Å². The van der Waals surface area contributed by atoms with Crippen molar-refractivity contribution in [1.29, 1.82) is 0 Å². The smallest absolute Gasteiger partial charge is 0.0737 e. The molecule has 0 fully saturated rings. The summed E-state index contributed by atoms with van der Waals surface area (Å²) in [4.78, 5) is 18.0. The topological polar surface area (TPSA) is 57.4 Å². The molecule has 0 saturated heterocycles. The van der Waals surface area contributed by atoms with Gasteiger partial charge < -0.3 is 9.97 Å². The van der Waals surface area contributed by atoms with E-state index in [0.29, 0.717) is 20.1 Å². The van der Waals surface area contributed by atoms with Crippen molar-refractivity contribution in [3.8, 4) is 44.5 Å². The standard InChI is InChI=1S/C44H26Cl4N4.Mn/c45-29-13-5-1-9-25(29)41-33-17-19-35(49-33)42(26-10-2-6-14-30(26)46)37-21-23-39(51-37)44(28-12-4-8-16-32(28)48)40-24-22-38(52-40)43(36-20-18-34(41)50-36)27-11-3-7-15-31(27)47;/h1-24,49,52H;. The van der Waals surface area contributed by atoms with Crippen LogP contribution >= 0.6 is 46.4 Å². The summed E-state index contributed by atoms with van der Waals surface area (Å²) in [6.45, 7) is 0. The summed E-state index contributed by atoms with van der Waals surface area (Å²) in [6.07, 6.45) is 8.10. The molecule has 9 rings (SSSR count). The monoisotopic (exact) mass is 805 g/mol. The van der Waals surface area contributed by atoms with Crippen LogP contribution in [0.2, 0.25) is 20.1 Å². The van der Waals surface area contributed by atoms with Crippen LogP contribution in [0.1, 0.15) is 22.8 Å². The van der Waals surface area contributed by atoms with Gasteiger partial charge in [-0.1, -0.05) is 119 Å². The summed E-state index contributed by atoms with van der Waals surface area (Å²) in [5.41, 5.74) is 13.1. The number of H-pyrrole nitrogens is 2. The fourth-order valence-electron chi connectivity index (χ4n) is 6.99. The predicted molar refractivity (Wildman–Crippen MR) is 221 cm³/mol. The summed E-state index contributed by atoms with van der Waals surface area (Å²) < 4.78 is 0. The number of fused-ring (bicyclic) bond motifs is 8.